The predicted octanol–water partition coefficient (Wildman–Crippen LogP) is 2.93. The minimum atomic E-state index is -0.522. The summed E-state index contributed by atoms with van der Waals surface area (Å²) in [5.74, 6) is 1.52. The molecule has 1 saturated carbocycles. The molecule has 0 radical (unpaired) electrons. The van der Waals surface area contributed by atoms with Gasteiger partial charge in [-0.05, 0) is 43.2 Å². The molecule has 20 heavy (non-hydrogen) atoms. The van der Waals surface area contributed by atoms with Gasteiger partial charge >= 0.3 is 0 Å². The van der Waals surface area contributed by atoms with Gasteiger partial charge in [-0.3, -0.25) is 4.98 Å². The van der Waals surface area contributed by atoms with Crippen LogP contribution in [0.25, 0.3) is 21.6 Å². The smallest absolute Gasteiger partial charge is 0.247 e. The summed E-state index contributed by atoms with van der Waals surface area (Å²) in [5.41, 5.74) is 7.63. The quantitative estimate of drug-likeness (QED) is 0.801. The molecule has 1 aliphatic carbocycles. The highest BCUT2D eigenvalue weighted by molar-refractivity contribution is 7.17. The molecule has 0 spiro atoms. The molecule has 3 aromatic heterocycles. The Morgan fingerprint density at radius 3 is 3.10 bits per heavy atom. The van der Waals surface area contributed by atoms with Crippen molar-refractivity contribution in [3.8, 4) is 11.4 Å². The van der Waals surface area contributed by atoms with Crippen LogP contribution in [-0.2, 0) is 5.54 Å². The summed E-state index contributed by atoms with van der Waals surface area (Å²) in [4.78, 5) is 8.86. The van der Waals surface area contributed by atoms with Gasteiger partial charge in [0.25, 0.3) is 0 Å². The normalized spacial score (nSPS) is 18.3. The third-order valence-corrected chi connectivity index (χ3v) is 4.73. The Kier molecular flexibility index (Phi) is 2.46. The summed E-state index contributed by atoms with van der Waals surface area (Å²) in [7, 11) is 0. The number of nitrogens with two attached hydrogens (primary N) is 1. The fourth-order valence-electron chi connectivity index (χ4n) is 2.39. The highest BCUT2D eigenvalue weighted by Gasteiger charge is 2.43. The Balaban J connectivity index is 1.73. The molecule has 102 valence electrons. The van der Waals surface area contributed by atoms with Crippen LogP contribution in [0.2, 0.25) is 0 Å². The number of fused-ring (bicyclic) bond motifs is 1. The van der Waals surface area contributed by atoms with Crippen LogP contribution < -0.4 is 5.73 Å². The minimum absolute atomic E-state index is 0.453. The first-order valence-electron chi connectivity index (χ1n) is 6.61. The first-order chi connectivity index (χ1) is 9.64. The second-order valence-electron chi connectivity index (χ2n) is 5.51. The summed E-state index contributed by atoms with van der Waals surface area (Å²) in [6, 6.07) is 4.03. The Hall–Kier alpha value is -1.79. The van der Waals surface area contributed by atoms with Gasteiger partial charge in [-0.2, -0.15) is 4.98 Å². The van der Waals surface area contributed by atoms with Crippen LogP contribution in [0.3, 0.4) is 0 Å². The first kappa shape index (κ1) is 12.0. The van der Waals surface area contributed by atoms with Gasteiger partial charge in [0, 0.05) is 11.8 Å². The van der Waals surface area contributed by atoms with Crippen molar-refractivity contribution in [2.24, 2.45) is 11.7 Å². The average Bonchev–Trinajstić information content (AvgIpc) is 3.02. The Morgan fingerprint density at radius 2 is 2.30 bits per heavy atom. The summed E-state index contributed by atoms with van der Waals surface area (Å²) >= 11 is 1.65. The van der Waals surface area contributed by atoms with E-state index in [0.717, 1.165) is 28.6 Å². The van der Waals surface area contributed by atoms with Crippen molar-refractivity contribution in [3.63, 3.8) is 0 Å². The second-order valence-corrected chi connectivity index (χ2v) is 6.46. The summed E-state index contributed by atoms with van der Waals surface area (Å²) < 4.78 is 6.49. The minimum Gasteiger partial charge on any atom is -0.337 e. The number of aromatic nitrogens is 3. The van der Waals surface area contributed by atoms with Gasteiger partial charge in [0.2, 0.25) is 11.7 Å². The Morgan fingerprint density at radius 1 is 1.45 bits per heavy atom. The van der Waals surface area contributed by atoms with Crippen LogP contribution in [0.4, 0.5) is 0 Å². The maximum absolute atomic E-state index is 6.30. The fourth-order valence-corrected chi connectivity index (χ4v) is 3.17. The molecule has 2 N–H and O–H groups in total. The van der Waals surface area contributed by atoms with Crippen LogP contribution >= 0.6 is 11.3 Å². The molecule has 5 nitrogen and oxygen atoms in total. The maximum Gasteiger partial charge on any atom is 0.247 e. The lowest BCUT2D eigenvalue weighted by molar-refractivity contribution is 0.273. The van der Waals surface area contributed by atoms with E-state index in [1.165, 1.54) is 0 Å². The van der Waals surface area contributed by atoms with Crippen molar-refractivity contribution in [3.05, 3.63) is 29.6 Å². The van der Waals surface area contributed by atoms with E-state index >= 15 is 0 Å². The van der Waals surface area contributed by atoms with Gasteiger partial charge in [0.1, 0.15) is 0 Å². The van der Waals surface area contributed by atoms with Gasteiger partial charge in [-0.1, -0.05) is 5.16 Å². The molecule has 3 heterocycles. The van der Waals surface area contributed by atoms with E-state index in [9.17, 15) is 0 Å². The SMILES string of the molecule is CC(N)(c1nc(-c2cnc3ccsc3c2)no1)C1CC1. The van der Waals surface area contributed by atoms with E-state index in [2.05, 4.69) is 15.1 Å². The molecule has 0 saturated heterocycles. The molecule has 0 bridgehead atoms. The van der Waals surface area contributed by atoms with Crippen LogP contribution in [-0.4, -0.2) is 15.1 Å². The van der Waals surface area contributed by atoms with Crippen LogP contribution in [0.1, 0.15) is 25.7 Å². The van der Waals surface area contributed by atoms with Crippen molar-refractivity contribution in [2.45, 2.75) is 25.3 Å². The number of rotatable bonds is 3. The Labute approximate surface area is 119 Å². The van der Waals surface area contributed by atoms with E-state index in [4.69, 9.17) is 10.3 Å². The lowest BCUT2D eigenvalue weighted by Gasteiger charge is -2.18. The number of pyridine rings is 1. The lowest BCUT2D eigenvalue weighted by atomic mass is 9.97. The van der Waals surface area contributed by atoms with Gasteiger partial charge in [-0.15, -0.1) is 11.3 Å². The van der Waals surface area contributed by atoms with Crippen molar-refractivity contribution in [1.29, 1.82) is 0 Å². The van der Waals surface area contributed by atoms with E-state index in [1.54, 1.807) is 17.5 Å². The van der Waals surface area contributed by atoms with E-state index < -0.39 is 5.54 Å². The molecule has 0 aromatic carbocycles. The predicted molar refractivity (Wildman–Crippen MR) is 77.2 cm³/mol. The molecule has 6 heteroatoms. The van der Waals surface area contributed by atoms with Crippen molar-refractivity contribution in [2.75, 3.05) is 0 Å². The first-order valence-corrected chi connectivity index (χ1v) is 7.49. The number of thiophene rings is 1. The lowest BCUT2D eigenvalue weighted by Crippen LogP contribution is -2.35. The van der Waals surface area contributed by atoms with Gasteiger partial charge < -0.3 is 10.3 Å². The molecule has 1 unspecified atom stereocenters. The van der Waals surface area contributed by atoms with Crippen LogP contribution in [0.15, 0.2) is 28.2 Å². The highest BCUT2D eigenvalue weighted by Crippen LogP contribution is 2.43. The van der Waals surface area contributed by atoms with Crippen molar-refractivity contribution in [1.82, 2.24) is 15.1 Å². The molecule has 0 amide bonds. The Bertz CT molecular complexity index is 772. The summed E-state index contributed by atoms with van der Waals surface area (Å²) in [6.07, 6.45) is 4.04. The zero-order valence-corrected chi connectivity index (χ0v) is 11.9. The third-order valence-electron chi connectivity index (χ3n) is 3.87. The number of hydrogen-bond acceptors (Lipinski definition) is 6. The summed E-state index contributed by atoms with van der Waals surface area (Å²) in [5, 5.41) is 6.07. The number of nitrogens with zero attached hydrogens (tertiary/aromatic N) is 3. The standard InChI is InChI=1S/C14H14N4OS/c1-14(15,9-2-3-9)13-17-12(18-19-13)8-6-11-10(16-7-8)4-5-20-11/h4-7,9H,2-3,15H2,1H3. The molecule has 0 aliphatic heterocycles. The van der Waals surface area contributed by atoms with Gasteiger partial charge in [0.05, 0.1) is 15.8 Å². The topological polar surface area (TPSA) is 77.8 Å². The molecule has 3 aromatic rings. The molecule has 1 aliphatic rings. The fraction of sp³-hybridized carbons (Fsp3) is 0.357. The largest absolute Gasteiger partial charge is 0.337 e. The van der Waals surface area contributed by atoms with Gasteiger partial charge in [0.15, 0.2) is 0 Å². The van der Waals surface area contributed by atoms with E-state index in [-0.39, 0.29) is 0 Å². The van der Waals surface area contributed by atoms with E-state index in [1.807, 2.05) is 24.4 Å². The highest BCUT2D eigenvalue weighted by atomic mass is 32.1. The van der Waals surface area contributed by atoms with Crippen molar-refractivity contribution >= 4 is 21.6 Å². The monoisotopic (exact) mass is 286 g/mol. The number of hydrogen-bond donors (Lipinski definition) is 1. The zero-order chi connectivity index (χ0) is 13.7. The molecule has 1 atom stereocenters. The van der Waals surface area contributed by atoms with Crippen LogP contribution in [0, 0.1) is 5.92 Å². The second kappa shape index (κ2) is 4.10. The molecular formula is C14H14N4OS. The molecular weight excluding hydrogens is 272 g/mol. The molecule has 4 rings (SSSR count). The van der Waals surface area contributed by atoms with Crippen LogP contribution in [0.5, 0.6) is 0 Å². The zero-order valence-electron chi connectivity index (χ0n) is 11.0. The van der Waals surface area contributed by atoms with Crippen molar-refractivity contribution < 1.29 is 4.52 Å². The van der Waals surface area contributed by atoms with E-state index in [0.29, 0.717) is 17.6 Å². The summed E-state index contributed by atoms with van der Waals surface area (Å²) in [6.45, 7) is 1.96. The maximum atomic E-state index is 6.30. The van der Waals surface area contributed by atoms with Gasteiger partial charge in [-0.25, -0.2) is 0 Å². The molecule has 1 fully saturated rings. The average molecular weight is 286 g/mol. The third kappa shape index (κ3) is 1.83.